The van der Waals surface area contributed by atoms with E-state index in [0.717, 1.165) is 24.5 Å². The van der Waals surface area contributed by atoms with Gasteiger partial charge in [0, 0.05) is 6.04 Å². The Balaban J connectivity index is 2.29. The molecule has 1 fully saturated rings. The number of benzene rings is 1. The first-order valence-electron chi connectivity index (χ1n) is 6.81. The fourth-order valence-electron chi connectivity index (χ4n) is 2.01. The minimum atomic E-state index is -1.05. The molecule has 0 aliphatic carbocycles. The highest BCUT2D eigenvalue weighted by molar-refractivity contribution is 14.1. The molecule has 0 unspecified atom stereocenters. The Kier molecular flexibility index (Phi) is 6.53. The Hall–Kier alpha value is -0.820. The lowest BCUT2D eigenvalue weighted by Gasteiger charge is -2.16. The van der Waals surface area contributed by atoms with Gasteiger partial charge in [0.15, 0.2) is 6.61 Å². The van der Waals surface area contributed by atoms with Crippen molar-refractivity contribution in [1.82, 2.24) is 4.90 Å². The van der Waals surface area contributed by atoms with Gasteiger partial charge in [-0.3, -0.25) is 14.5 Å². The number of carboxylic acid groups (broad SMARTS) is 1. The van der Waals surface area contributed by atoms with Gasteiger partial charge in [0.25, 0.3) is 11.1 Å². The van der Waals surface area contributed by atoms with E-state index in [1.807, 2.05) is 45.2 Å². The van der Waals surface area contributed by atoms with Gasteiger partial charge >= 0.3 is 5.97 Å². The highest BCUT2D eigenvalue weighted by atomic mass is 127. The Morgan fingerprint density at radius 3 is 2.38 bits per heavy atom. The first-order valence-corrected chi connectivity index (χ1v) is 9.78. The van der Waals surface area contributed by atoms with Gasteiger partial charge in [0.05, 0.1) is 12.0 Å². The largest absolute Gasteiger partial charge is 0.480 e. The summed E-state index contributed by atoms with van der Waals surface area (Å²) in [4.78, 5) is 36.4. The lowest BCUT2D eigenvalue weighted by molar-refractivity contribution is -0.139. The monoisotopic (exact) mass is 573 g/mol. The van der Waals surface area contributed by atoms with Gasteiger partial charge in [-0.25, -0.2) is 4.79 Å². The van der Waals surface area contributed by atoms with E-state index < -0.39 is 12.6 Å². The molecule has 1 aliphatic rings. The predicted molar refractivity (Wildman–Crippen MR) is 108 cm³/mol. The molecule has 1 aromatic rings. The van der Waals surface area contributed by atoms with Gasteiger partial charge in [0.2, 0.25) is 0 Å². The molecule has 1 aromatic carbocycles. The summed E-state index contributed by atoms with van der Waals surface area (Å²) < 4.78 is 6.73. The highest BCUT2D eigenvalue weighted by Gasteiger charge is 2.36. The number of imide groups is 1. The van der Waals surface area contributed by atoms with Crippen LogP contribution in [0.1, 0.15) is 19.4 Å². The lowest BCUT2D eigenvalue weighted by atomic mass is 10.2. The second-order valence-corrected chi connectivity index (χ2v) is 8.46. The number of aliphatic carboxylic acids is 1. The van der Waals surface area contributed by atoms with Crippen molar-refractivity contribution in [3.05, 3.63) is 29.7 Å². The Morgan fingerprint density at radius 1 is 1.33 bits per heavy atom. The number of amides is 2. The number of carbonyl (C=O) groups excluding carboxylic acids is 2. The summed E-state index contributed by atoms with van der Waals surface area (Å²) in [5.41, 5.74) is 0.751. The molecule has 1 saturated heterocycles. The average Bonchev–Trinajstić information content (AvgIpc) is 2.72. The summed E-state index contributed by atoms with van der Waals surface area (Å²) in [5.74, 6) is -0.852. The van der Waals surface area contributed by atoms with Crippen LogP contribution in [0.4, 0.5) is 4.79 Å². The summed E-state index contributed by atoms with van der Waals surface area (Å²) in [5, 5.41) is 8.44. The van der Waals surface area contributed by atoms with Crippen molar-refractivity contribution in [1.29, 1.82) is 0 Å². The van der Waals surface area contributed by atoms with Crippen LogP contribution in [0.3, 0.4) is 0 Å². The van der Waals surface area contributed by atoms with Crippen molar-refractivity contribution in [2.45, 2.75) is 19.9 Å². The highest BCUT2D eigenvalue weighted by Crippen LogP contribution is 2.35. The number of halogens is 2. The lowest BCUT2D eigenvalue weighted by Crippen LogP contribution is -2.34. The van der Waals surface area contributed by atoms with E-state index in [2.05, 4.69) is 0 Å². The molecule has 1 N–H and O–H groups in total. The first kappa shape index (κ1) is 19.5. The van der Waals surface area contributed by atoms with E-state index in [1.165, 1.54) is 4.90 Å². The number of carboxylic acids is 1. The van der Waals surface area contributed by atoms with Crippen molar-refractivity contribution < 1.29 is 24.2 Å². The van der Waals surface area contributed by atoms with Gasteiger partial charge in [0.1, 0.15) is 5.75 Å². The van der Waals surface area contributed by atoms with Crippen molar-refractivity contribution in [2.75, 3.05) is 6.61 Å². The van der Waals surface area contributed by atoms with E-state index >= 15 is 0 Å². The zero-order valence-electron chi connectivity index (χ0n) is 12.7. The summed E-state index contributed by atoms with van der Waals surface area (Å²) in [6.45, 7) is 3.16. The summed E-state index contributed by atoms with van der Waals surface area (Å²) in [7, 11) is 0. The van der Waals surface area contributed by atoms with Crippen molar-refractivity contribution in [3.63, 3.8) is 0 Å². The van der Waals surface area contributed by atoms with E-state index in [1.54, 1.807) is 32.1 Å². The molecule has 0 aromatic heterocycles. The molecule has 0 bridgehead atoms. The molecule has 0 saturated carbocycles. The van der Waals surface area contributed by atoms with Gasteiger partial charge in [-0.2, -0.15) is 0 Å². The standard InChI is InChI=1S/C15H13I2NO5S/c1-7(2)18-14(21)11(24-15(18)22)5-8-3-9(16)13(10(17)4-8)23-6-12(19)20/h3-5,7H,6H2,1-2H3,(H,19,20). The third-order valence-corrected chi connectivity index (χ3v) is 5.48. The Morgan fingerprint density at radius 2 is 1.92 bits per heavy atom. The molecule has 9 heteroatoms. The van der Waals surface area contributed by atoms with E-state index in [4.69, 9.17) is 9.84 Å². The topological polar surface area (TPSA) is 83.9 Å². The predicted octanol–water partition coefficient (Wildman–Crippen LogP) is 3.80. The number of hydrogen-bond donors (Lipinski definition) is 1. The molecule has 128 valence electrons. The molecule has 2 rings (SSSR count). The normalized spacial score (nSPS) is 16.4. The fourth-order valence-corrected chi connectivity index (χ4v) is 5.10. The third-order valence-electron chi connectivity index (χ3n) is 3.00. The minimum absolute atomic E-state index is 0.185. The molecule has 24 heavy (non-hydrogen) atoms. The zero-order valence-corrected chi connectivity index (χ0v) is 17.8. The first-order chi connectivity index (χ1) is 11.2. The summed E-state index contributed by atoms with van der Waals surface area (Å²) in [6, 6.07) is 3.38. The minimum Gasteiger partial charge on any atom is -0.480 e. The van der Waals surface area contributed by atoms with Gasteiger partial charge in [-0.1, -0.05) is 0 Å². The molecule has 6 nitrogen and oxygen atoms in total. The van der Waals surface area contributed by atoms with Gasteiger partial charge in [-0.05, 0) is 94.6 Å². The fraction of sp³-hybridized carbons (Fsp3) is 0.267. The van der Waals surface area contributed by atoms with Crippen LogP contribution in [0, 0.1) is 7.14 Å². The quantitative estimate of drug-likeness (QED) is 0.427. The van der Waals surface area contributed by atoms with Crippen LogP contribution in [-0.2, 0) is 9.59 Å². The molecular formula is C15H13I2NO5S. The van der Waals surface area contributed by atoms with Crippen LogP contribution < -0.4 is 4.74 Å². The number of hydrogen-bond acceptors (Lipinski definition) is 5. The number of nitrogens with zero attached hydrogens (tertiary/aromatic N) is 1. The molecule has 0 atom stereocenters. The second-order valence-electron chi connectivity index (χ2n) is 5.14. The van der Waals surface area contributed by atoms with E-state index in [0.29, 0.717) is 10.7 Å². The van der Waals surface area contributed by atoms with Crippen LogP contribution in [0.5, 0.6) is 5.75 Å². The second kappa shape index (κ2) is 8.04. The number of thioether (sulfide) groups is 1. The van der Waals surface area contributed by atoms with Crippen LogP contribution in [0.25, 0.3) is 6.08 Å². The zero-order chi connectivity index (χ0) is 18.0. The smallest absolute Gasteiger partial charge is 0.341 e. The summed E-state index contributed by atoms with van der Waals surface area (Å²) in [6.07, 6.45) is 1.67. The molecular weight excluding hydrogens is 560 g/mol. The molecule has 0 spiro atoms. The van der Waals surface area contributed by atoms with Crippen LogP contribution in [0.15, 0.2) is 17.0 Å². The van der Waals surface area contributed by atoms with Gasteiger partial charge < -0.3 is 9.84 Å². The molecule has 2 amide bonds. The van der Waals surface area contributed by atoms with E-state index in [9.17, 15) is 14.4 Å². The van der Waals surface area contributed by atoms with Crippen LogP contribution in [0.2, 0.25) is 0 Å². The van der Waals surface area contributed by atoms with Crippen LogP contribution in [-0.4, -0.2) is 39.8 Å². The maximum absolute atomic E-state index is 12.3. The molecule has 1 aliphatic heterocycles. The molecule has 1 heterocycles. The number of ether oxygens (including phenoxy) is 1. The molecule has 0 radical (unpaired) electrons. The summed E-state index contributed by atoms with van der Waals surface area (Å²) >= 11 is 5.02. The van der Waals surface area contributed by atoms with Crippen LogP contribution >= 0.6 is 56.9 Å². The van der Waals surface area contributed by atoms with E-state index in [-0.39, 0.29) is 17.2 Å². The SMILES string of the molecule is CC(C)N1C(=O)SC(=Cc2cc(I)c(OCC(=O)O)c(I)c2)C1=O. The number of rotatable bonds is 5. The van der Waals surface area contributed by atoms with Gasteiger partial charge in [-0.15, -0.1) is 0 Å². The Bertz CT molecular complexity index is 724. The maximum Gasteiger partial charge on any atom is 0.341 e. The van der Waals surface area contributed by atoms with Crippen molar-refractivity contribution in [2.24, 2.45) is 0 Å². The van der Waals surface area contributed by atoms with Crippen molar-refractivity contribution >= 4 is 80.1 Å². The number of carbonyl (C=O) groups is 3. The average molecular weight is 573 g/mol. The third kappa shape index (κ3) is 4.42. The van der Waals surface area contributed by atoms with Crippen molar-refractivity contribution in [3.8, 4) is 5.75 Å². The Labute approximate surface area is 170 Å². The maximum atomic E-state index is 12.3.